The molecule has 3 heterocycles. The van der Waals surface area contributed by atoms with E-state index >= 15 is 0 Å². The molecule has 0 saturated carbocycles. The Hall–Kier alpha value is -4.50. The molecule has 1 aliphatic heterocycles. The SMILES string of the molecule is CCC1=C(C(=O)OC)[C@H](c2ccccc2)n2c(s/c(=C\c3ccc(-c4cccc(C(=O)OC)c4C)o3)c2=O)=N1. The van der Waals surface area contributed by atoms with E-state index in [1.165, 1.54) is 25.6 Å². The lowest BCUT2D eigenvalue weighted by atomic mass is 9.95. The smallest absolute Gasteiger partial charge is 0.338 e. The summed E-state index contributed by atoms with van der Waals surface area (Å²) in [4.78, 5) is 43.9. The van der Waals surface area contributed by atoms with Gasteiger partial charge in [0.25, 0.3) is 5.56 Å². The highest BCUT2D eigenvalue weighted by Crippen LogP contribution is 2.32. The van der Waals surface area contributed by atoms with Crippen molar-refractivity contribution in [3.05, 3.63) is 114 Å². The molecular formula is C30H26N2O6S. The Labute approximate surface area is 228 Å². The minimum Gasteiger partial charge on any atom is -0.466 e. The number of hydrogen-bond donors (Lipinski definition) is 0. The Morgan fingerprint density at radius 2 is 1.77 bits per heavy atom. The maximum Gasteiger partial charge on any atom is 0.338 e. The molecule has 9 heteroatoms. The van der Waals surface area contributed by atoms with Gasteiger partial charge in [0.1, 0.15) is 11.5 Å². The number of rotatable bonds is 6. The van der Waals surface area contributed by atoms with E-state index in [-0.39, 0.29) is 5.56 Å². The number of nitrogens with zero attached hydrogens (tertiary/aromatic N) is 2. The monoisotopic (exact) mass is 542 g/mol. The fourth-order valence-electron chi connectivity index (χ4n) is 4.75. The number of aromatic nitrogens is 1. The van der Waals surface area contributed by atoms with Crippen LogP contribution in [-0.2, 0) is 14.3 Å². The van der Waals surface area contributed by atoms with Crippen molar-refractivity contribution in [1.82, 2.24) is 4.57 Å². The van der Waals surface area contributed by atoms with E-state index in [4.69, 9.17) is 13.9 Å². The summed E-state index contributed by atoms with van der Waals surface area (Å²) in [7, 11) is 2.67. The van der Waals surface area contributed by atoms with Crippen molar-refractivity contribution in [2.45, 2.75) is 26.3 Å². The lowest BCUT2D eigenvalue weighted by molar-refractivity contribution is -0.136. The van der Waals surface area contributed by atoms with Gasteiger partial charge in [-0.1, -0.05) is 60.7 Å². The number of furan rings is 1. The van der Waals surface area contributed by atoms with Crippen molar-refractivity contribution in [2.75, 3.05) is 14.2 Å². The van der Waals surface area contributed by atoms with Crippen LogP contribution in [0.4, 0.5) is 0 Å². The Kier molecular flexibility index (Phi) is 7.17. The third kappa shape index (κ3) is 4.66. The molecule has 198 valence electrons. The van der Waals surface area contributed by atoms with Gasteiger partial charge in [0, 0.05) is 11.6 Å². The molecule has 4 aromatic rings. The molecule has 0 spiro atoms. The van der Waals surface area contributed by atoms with E-state index in [0.29, 0.717) is 44.1 Å². The van der Waals surface area contributed by atoms with Crippen molar-refractivity contribution in [3.8, 4) is 11.3 Å². The Morgan fingerprint density at radius 3 is 2.46 bits per heavy atom. The van der Waals surface area contributed by atoms with E-state index in [1.54, 1.807) is 34.9 Å². The van der Waals surface area contributed by atoms with Crippen LogP contribution in [0.2, 0.25) is 0 Å². The van der Waals surface area contributed by atoms with Crippen molar-refractivity contribution in [1.29, 1.82) is 0 Å². The number of methoxy groups -OCH3 is 2. The second-order valence-corrected chi connectivity index (χ2v) is 9.88. The molecule has 5 rings (SSSR count). The number of allylic oxidation sites excluding steroid dienone is 1. The Bertz CT molecular complexity index is 1790. The highest BCUT2D eigenvalue weighted by molar-refractivity contribution is 7.07. The van der Waals surface area contributed by atoms with Crippen molar-refractivity contribution in [2.24, 2.45) is 4.99 Å². The van der Waals surface area contributed by atoms with Gasteiger partial charge < -0.3 is 13.9 Å². The minimum absolute atomic E-state index is 0.286. The first kappa shape index (κ1) is 26.1. The summed E-state index contributed by atoms with van der Waals surface area (Å²) in [6, 6.07) is 17.6. The van der Waals surface area contributed by atoms with Crippen LogP contribution >= 0.6 is 11.3 Å². The average molecular weight is 543 g/mol. The highest BCUT2D eigenvalue weighted by atomic mass is 32.1. The third-order valence-electron chi connectivity index (χ3n) is 6.67. The Balaban J connectivity index is 1.63. The number of benzene rings is 2. The van der Waals surface area contributed by atoms with Gasteiger partial charge in [-0.2, -0.15) is 0 Å². The molecule has 0 saturated heterocycles. The topological polar surface area (TPSA) is 100 Å². The Morgan fingerprint density at radius 1 is 1.03 bits per heavy atom. The second-order valence-electron chi connectivity index (χ2n) is 8.87. The molecule has 0 N–H and O–H groups in total. The van der Waals surface area contributed by atoms with Gasteiger partial charge in [-0.15, -0.1) is 0 Å². The molecule has 1 aliphatic rings. The van der Waals surface area contributed by atoms with E-state index in [9.17, 15) is 14.4 Å². The number of thiazole rings is 1. The molecule has 2 aromatic carbocycles. The van der Waals surface area contributed by atoms with Crippen molar-refractivity contribution in [3.63, 3.8) is 0 Å². The van der Waals surface area contributed by atoms with Crippen molar-refractivity contribution >= 4 is 29.4 Å². The fourth-order valence-corrected chi connectivity index (χ4v) is 5.75. The minimum atomic E-state index is -0.664. The molecule has 0 fully saturated rings. The molecule has 0 radical (unpaired) electrons. The largest absolute Gasteiger partial charge is 0.466 e. The molecule has 0 unspecified atom stereocenters. The zero-order valence-corrected chi connectivity index (χ0v) is 22.7. The number of carbonyl (C=O) groups excluding carboxylic acids is 2. The predicted molar refractivity (Wildman–Crippen MR) is 147 cm³/mol. The van der Waals surface area contributed by atoms with Crippen LogP contribution < -0.4 is 14.9 Å². The summed E-state index contributed by atoms with van der Waals surface area (Å²) < 4.78 is 18.0. The second kappa shape index (κ2) is 10.7. The number of ether oxygens (including phenoxy) is 2. The zero-order chi connectivity index (χ0) is 27.7. The number of hydrogen-bond acceptors (Lipinski definition) is 8. The van der Waals surface area contributed by atoms with Crippen LogP contribution in [0.15, 0.2) is 86.1 Å². The molecule has 2 aromatic heterocycles. The zero-order valence-electron chi connectivity index (χ0n) is 21.9. The van der Waals surface area contributed by atoms with Crippen molar-refractivity contribution < 1.29 is 23.5 Å². The van der Waals surface area contributed by atoms with Crippen LogP contribution in [0.3, 0.4) is 0 Å². The highest BCUT2D eigenvalue weighted by Gasteiger charge is 2.33. The van der Waals surface area contributed by atoms with Gasteiger partial charge in [-0.25, -0.2) is 14.6 Å². The predicted octanol–water partition coefficient (Wildman–Crippen LogP) is 4.15. The van der Waals surface area contributed by atoms with Gasteiger partial charge >= 0.3 is 11.9 Å². The quantitative estimate of drug-likeness (QED) is 0.340. The molecule has 39 heavy (non-hydrogen) atoms. The van der Waals surface area contributed by atoms with E-state index < -0.39 is 18.0 Å². The van der Waals surface area contributed by atoms with E-state index in [0.717, 1.165) is 16.7 Å². The molecule has 0 bridgehead atoms. The van der Waals surface area contributed by atoms with E-state index in [1.807, 2.05) is 50.2 Å². The van der Waals surface area contributed by atoms with Crippen LogP contribution in [0.1, 0.15) is 46.6 Å². The summed E-state index contributed by atoms with van der Waals surface area (Å²) in [5.74, 6) is 0.0879. The molecule has 0 amide bonds. The summed E-state index contributed by atoms with van der Waals surface area (Å²) in [5.41, 5.74) is 3.37. The van der Waals surface area contributed by atoms with Gasteiger partial charge in [-0.05, 0) is 42.7 Å². The molecule has 0 aliphatic carbocycles. The lowest BCUT2D eigenvalue weighted by Gasteiger charge is -2.25. The summed E-state index contributed by atoms with van der Waals surface area (Å²) in [6.45, 7) is 3.75. The van der Waals surface area contributed by atoms with Crippen LogP contribution in [0.25, 0.3) is 17.4 Å². The molecule has 8 nitrogen and oxygen atoms in total. The number of esters is 2. The first-order chi connectivity index (χ1) is 18.9. The third-order valence-corrected chi connectivity index (χ3v) is 7.65. The number of fused-ring (bicyclic) bond motifs is 1. The maximum atomic E-state index is 13.8. The van der Waals surface area contributed by atoms with Crippen LogP contribution in [0, 0.1) is 6.92 Å². The normalized spacial score (nSPS) is 15.1. The first-order valence-electron chi connectivity index (χ1n) is 12.3. The summed E-state index contributed by atoms with van der Waals surface area (Å²) in [6.07, 6.45) is 2.17. The number of carbonyl (C=O) groups is 2. The molecular weight excluding hydrogens is 516 g/mol. The maximum absolute atomic E-state index is 13.8. The summed E-state index contributed by atoms with van der Waals surface area (Å²) >= 11 is 1.23. The van der Waals surface area contributed by atoms with E-state index in [2.05, 4.69) is 4.99 Å². The molecule has 1 atom stereocenters. The average Bonchev–Trinajstić information content (AvgIpc) is 3.55. The van der Waals surface area contributed by atoms with Gasteiger partial charge in [0.15, 0.2) is 4.80 Å². The van der Waals surface area contributed by atoms with Crippen LogP contribution in [0.5, 0.6) is 0 Å². The van der Waals surface area contributed by atoms with Gasteiger partial charge in [-0.3, -0.25) is 9.36 Å². The van der Waals surface area contributed by atoms with Crippen LogP contribution in [-0.4, -0.2) is 30.7 Å². The van der Waals surface area contributed by atoms with Gasteiger partial charge in [0.05, 0.1) is 41.6 Å². The lowest BCUT2D eigenvalue weighted by Crippen LogP contribution is -2.40. The first-order valence-corrected chi connectivity index (χ1v) is 13.2. The van der Waals surface area contributed by atoms with Gasteiger partial charge in [0.2, 0.25) is 0 Å². The summed E-state index contributed by atoms with van der Waals surface area (Å²) in [5, 5.41) is 0. The fraction of sp³-hybridized carbons (Fsp3) is 0.200. The standard InChI is InChI=1S/C30H26N2O6S/c1-5-22-25(29(35)37-4)26(18-10-7-6-8-11-18)32-27(33)24(39-30(32)31-22)16-19-14-15-23(38-19)20-12-9-13-21(17(20)2)28(34)36-3/h6-16,26H,5H2,1-4H3/b24-16-/t26-/m0/s1.